The normalized spacial score (nSPS) is 14.6. The maximum atomic E-state index is 11.2. The van der Waals surface area contributed by atoms with Crippen LogP contribution in [0.2, 0.25) is 0 Å². The molecule has 0 saturated carbocycles. The Balaban J connectivity index is 1.65. The number of pyridine rings is 1. The van der Waals surface area contributed by atoms with Crippen LogP contribution in [0.5, 0.6) is 11.6 Å². The van der Waals surface area contributed by atoms with Crippen molar-refractivity contribution in [1.29, 1.82) is 0 Å². The van der Waals surface area contributed by atoms with Gasteiger partial charge in [0.25, 0.3) is 6.35 Å². The predicted octanol–water partition coefficient (Wildman–Crippen LogP) is 2.31. The van der Waals surface area contributed by atoms with E-state index in [9.17, 15) is 9.59 Å². The van der Waals surface area contributed by atoms with Crippen LogP contribution in [-0.4, -0.2) is 30.4 Å². The van der Waals surface area contributed by atoms with Gasteiger partial charge in [-0.3, -0.25) is 4.79 Å². The van der Waals surface area contributed by atoms with Crippen LogP contribution in [-0.2, 0) is 9.53 Å². The van der Waals surface area contributed by atoms with Gasteiger partial charge in [0.05, 0.1) is 5.69 Å². The molecule has 0 aliphatic carbocycles. The van der Waals surface area contributed by atoms with Gasteiger partial charge in [-0.25, -0.2) is 4.79 Å². The van der Waals surface area contributed by atoms with Gasteiger partial charge in [0, 0.05) is 25.7 Å². The minimum absolute atomic E-state index is 0.138. The fourth-order valence-electron chi connectivity index (χ4n) is 2.18. The maximum Gasteiger partial charge on any atom is 0.410 e. The number of nitrogens with zero attached hydrogens (tertiary/aromatic N) is 1. The average Bonchev–Trinajstić information content (AvgIpc) is 2.97. The highest BCUT2D eigenvalue weighted by molar-refractivity contribution is 5.88. The summed E-state index contributed by atoms with van der Waals surface area (Å²) in [5, 5.41) is 10.9. The summed E-state index contributed by atoms with van der Waals surface area (Å²) in [5.41, 5.74) is 1.38. The van der Waals surface area contributed by atoms with E-state index in [0.29, 0.717) is 28.8 Å². The van der Waals surface area contributed by atoms with E-state index in [4.69, 9.17) is 9.47 Å². The monoisotopic (exact) mass is 343 g/mol. The van der Waals surface area contributed by atoms with Gasteiger partial charge in [-0.2, -0.15) is 4.98 Å². The molecule has 1 aliphatic rings. The fraction of sp³-hybridized carbons (Fsp3) is 0.188. The van der Waals surface area contributed by atoms with Gasteiger partial charge >= 0.3 is 6.09 Å². The lowest BCUT2D eigenvalue weighted by Crippen LogP contribution is -2.33. The first-order chi connectivity index (χ1) is 12.0. The zero-order valence-electron chi connectivity index (χ0n) is 13.6. The predicted molar refractivity (Wildman–Crippen MR) is 91.6 cm³/mol. The molecule has 3 rings (SSSR count). The number of amides is 2. The van der Waals surface area contributed by atoms with Crippen LogP contribution in [0.1, 0.15) is 6.92 Å². The van der Waals surface area contributed by atoms with E-state index in [-0.39, 0.29) is 5.91 Å². The number of carbonyl (C=O) groups is 2. The third-order valence-corrected chi connectivity index (χ3v) is 3.25. The van der Waals surface area contributed by atoms with Crippen molar-refractivity contribution < 1.29 is 19.1 Å². The van der Waals surface area contributed by atoms with Gasteiger partial charge in [0.1, 0.15) is 5.75 Å². The van der Waals surface area contributed by atoms with Crippen molar-refractivity contribution >= 4 is 29.2 Å². The van der Waals surface area contributed by atoms with E-state index in [0.717, 1.165) is 0 Å². The Hall–Kier alpha value is -3.49. The van der Waals surface area contributed by atoms with Crippen molar-refractivity contribution in [2.24, 2.45) is 0 Å². The number of nitrogens with one attached hydrogen (secondary N) is 4. The van der Waals surface area contributed by atoms with E-state index in [1.165, 1.54) is 14.0 Å². The van der Waals surface area contributed by atoms with Crippen LogP contribution < -0.4 is 26.0 Å². The minimum Gasteiger partial charge on any atom is -0.439 e. The molecule has 130 valence electrons. The molecule has 1 unspecified atom stereocenters. The van der Waals surface area contributed by atoms with E-state index in [1.54, 1.807) is 36.4 Å². The van der Waals surface area contributed by atoms with Crippen molar-refractivity contribution in [3.8, 4) is 11.6 Å². The first kappa shape index (κ1) is 16.4. The molecule has 4 N–H and O–H groups in total. The summed E-state index contributed by atoms with van der Waals surface area (Å²) >= 11 is 0. The number of fused-ring (bicyclic) bond motifs is 1. The lowest BCUT2D eigenvalue weighted by atomic mass is 10.3. The Bertz CT molecular complexity index is 794. The molecule has 2 heterocycles. The first-order valence-corrected chi connectivity index (χ1v) is 7.51. The standard InChI is InChI=1S/C16H17N5O4/c1-9(22)18-10-3-5-11(6-4-10)24-13-8-7-12-14(20-13)21-15(19-12)25-16(23)17-2/h3-8,15,19H,1-2H3,(H,17,23)(H,18,22)(H,20,21). The number of anilines is 3. The molecular formula is C16H17N5O4. The highest BCUT2D eigenvalue weighted by Gasteiger charge is 2.24. The summed E-state index contributed by atoms with van der Waals surface area (Å²) in [6, 6.07) is 10.4. The van der Waals surface area contributed by atoms with Crippen LogP contribution >= 0.6 is 0 Å². The fourth-order valence-corrected chi connectivity index (χ4v) is 2.18. The maximum absolute atomic E-state index is 11.2. The molecular weight excluding hydrogens is 326 g/mol. The average molecular weight is 343 g/mol. The quantitative estimate of drug-likeness (QED) is 0.673. The zero-order chi connectivity index (χ0) is 17.8. The Kier molecular flexibility index (Phi) is 4.55. The number of aromatic nitrogens is 1. The number of rotatable bonds is 4. The van der Waals surface area contributed by atoms with E-state index in [1.807, 2.05) is 0 Å². The van der Waals surface area contributed by atoms with Crippen molar-refractivity contribution in [1.82, 2.24) is 10.3 Å². The van der Waals surface area contributed by atoms with Crippen LogP contribution in [0.15, 0.2) is 36.4 Å². The van der Waals surface area contributed by atoms with Gasteiger partial charge in [-0.15, -0.1) is 0 Å². The van der Waals surface area contributed by atoms with Crippen molar-refractivity contribution in [3.05, 3.63) is 36.4 Å². The molecule has 1 aliphatic heterocycles. The summed E-state index contributed by atoms with van der Waals surface area (Å²) in [5.74, 6) is 1.33. The first-order valence-electron chi connectivity index (χ1n) is 7.51. The zero-order valence-corrected chi connectivity index (χ0v) is 13.6. The van der Waals surface area contributed by atoms with E-state index >= 15 is 0 Å². The second-order valence-electron chi connectivity index (χ2n) is 5.18. The van der Waals surface area contributed by atoms with Gasteiger partial charge < -0.3 is 30.7 Å². The van der Waals surface area contributed by atoms with Crippen molar-refractivity contribution in [2.75, 3.05) is 23.0 Å². The highest BCUT2D eigenvalue weighted by Crippen LogP contribution is 2.31. The lowest BCUT2D eigenvalue weighted by molar-refractivity contribution is -0.114. The van der Waals surface area contributed by atoms with E-state index < -0.39 is 12.4 Å². The molecule has 0 radical (unpaired) electrons. The summed E-state index contributed by atoms with van der Waals surface area (Å²) in [6.45, 7) is 1.45. The molecule has 1 atom stereocenters. The second kappa shape index (κ2) is 6.95. The van der Waals surface area contributed by atoms with Gasteiger partial charge in [-0.1, -0.05) is 0 Å². The van der Waals surface area contributed by atoms with Crippen molar-refractivity contribution in [3.63, 3.8) is 0 Å². The number of alkyl carbamates (subject to hydrolysis) is 1. The Morgan fingerprint density at radius 1 is 1.12 bits per heavy atom. The SMILES string of the molecule is CNC(=O)OC1Nc2ccc(Oc3ccc(NC(C)=O)cc3)nc2N1. The van der Waals surface area contributed by atoms with Gasteiger partial charge in [0.15, 0.2) is 5.82 Å². The molecule has 9 nitrogen and oxygen atoms in total. The van der Waals surface area contributed by atoms with Crippen LogP contribution in [0.3, 0.4) is 0 Å². The number of benzene rings is 1. The summed E-state index contributed by atoms with van der Waals surface area (Å²) in [6.07, 6.45) is -1.26. The molecule has 2 amide bonds. The second-order valence-corrected chi connectivity index (χ2v) is 5.18. The third-order valence-electron chi connectivity index (χ3n) is 3.25. The molecule has 1 aromatic carbocycles. The van der Waals surface area contributed by atoms with Crippen LogP contribution in [0.4, 0.5) is 22.0 Å². The summed E-state index contributed by atoms with van der Waals surface area (Å²) in [7, 11) is 1.48. The van der Waals surface area contributed by atoms with Crippen LogP contribution in [0, 0.1) is 0 Å². The number of hydrogen-bond donors (Lipinski definition) is 4. The Morgan fingerprint density at radius 3 is 2.56 bits per heavy atom. The molecule has 1 aromatic heterocycles. The van der Waals surface area contributed by atoms with Crippen LogP contribution in [0.25, 0.3) is 0 Å². The largest absolute Gasteiger partial charge is 0.439 e. The Labute approximate surface area is 143 Å². The van der Waals surface area contributed by atoms with Crippen molar-refractivity contribution in [2.45, 2.75) is 13.3 Å². The molecule has 0 bridgehead atoms. The Morgan fingerprint density at radius 2 is 1.88 bits per heavy atom. The smallest absolute Gasteiger partial charge is 0.410 e. The third kappa shape index (κ3) is 4.08. The molecule has 0 saturated heterocycles. The molecule has 25 heavy (non-hydrogen) atoms. The molecule has 2 aromatic rings. The number of ether oxygens (including phenoxy) is 2. The number of hydrogen-bond acceptors (Lipinski definition) is 7. The summed E-state index contributed by atoms with van der Waals surface area (Å²) in [4.78, 5) is 26.6. The minimum atomic E-state index is -0.699. The number of carbonyl (C=O) groups excluding carboxylic acids is 2. The lowest BCUT2D eigenvalue weighted by Gasteiger charge is -2.11. The topological polar surface area (TPSA) is 114 Å². The van der Waals surface area contributed by atoms with Gasteiger partial charge in [0.2, 0.25) is 11.8 Å². The molecule has 9 heteroatoms. The van der Waals surface area contributed by atoms with Gasteiger partial charge in [-0.05, 0) is 30.3 Å². The summed E-state index contributed by atoms with van der Waals surface area (Å²) < 4.78 is 10.7. The van der Waals surface area contributed by atoms with E-state index in [2.05, 4.69) is 26.3 Å². The highest BCUT2D eigenvalue weighted by atomic mass is 16.6. The molecule has 0 spiro atoms. The molecule has 0 fully saturated rings.